The number of anilines is 1. The first-order chi connectivity index (χ1) is 7.19. The molecule has 3 nitrogen and oxygen atoms in total. The predicted molar refractivity (Wildman–Crippen MR) is 64.9 cm³/mol. The molecular formula is C12H19N3. The van der Waals surface area contributed by atoms with Gasteiger partial charge in [-0.1, -0.05) is 12.1 Å². The van der Waals surface area contributed by atoms with Crippen molar-refractivity contribution in [3.05, 3.63) is 36.5 Å². The molecule has 0 bridgehead atoms. The van der Waals surface area contributed by atoms with Gasteiger partial charge < -0.3 is 10.6 Å². The second kappa shape index (κ2) is 5.51. The van der Waals surface area contributed by atoms with Crippen LogP contribution in [0.2, 0.25) is 0 Å². The summed E-state index contributed by atoms with van der Waals surface area (Å²) in [5.74, 6) is 0.974. The molecule has 0 aromatic carbocycles. The number of nitrogens with zero attached hydrogens (tertiary/aromatic N) is 2. The molecule has 0 spiro atoms. The van der Waals surface area contributed by atoms with E-state index in [4.69, 9.17) is 5.73 Å². The van der Waals surface area contributed by atoms with E-state index in [1.54, 1.807) is 0 Å². The minimum absolute atomic E-state index is 0.0426. The van der Waals surface area contributed by atoms with Crippen LogP contribution in [0.5, 0.6) is 0 Å². The fraction of sp³-hybridized carbons (Fsp3) is 0.417. The van der Waals surface area contributed by atoms with Gasteiger partial charge in [0.2, 0.25) is 0 Å². The molecule has 0 saturated heterocycles. The van der Waals surface area contributed by atoms with Gasteiger partial charge in [0, 0.05) is 25.3 Å². The summed E-state index contributed by atoms with van der Waals surface area (Å²) in [5.41, 5.74) is 6.82. The van der Waals surface area contributed by atoms with Crippen LogP contribution >= 0.6 is 0 Å². The minimum atomic E-state index is 0.0426. The maximum atomic E-state index is 5.76. The van der Waals surface area contributed by atoms with E-state index in [2.05, 4.69) is 23.4 Å². The Kier molecular flexibility index (Phi) is 4.31. The van der Waals surface area contributed by atoms with Crippen LogP contribution in [-0.4, -0.2) is 18.1 Å². The quantitative estimate of drug-likeness (QED) is 0.749. The third-order valence-corrected chi connectivity index (χ3v) is 2.35. The summed E-state index contributed by atoms with van der Waals surface area (Å²) < 4.78 is 0. The second-order valence-corrected chi connectivity index (χ2v) is 3.57. The van der Waals surface area contributed by atoms with Crippen molar-refractivity contribution in [3.63, 3.8) is 0 Å². The van der Waals surface area contributed by atoms with Crippen molar-refractivity contribution in [1.29, 1.82) is 0 Å². The normalized spacial score (nSPS) is 12.2. The average Bonchev–Trinajstić information content (AvgIpc) is 2.26. The van der Waals surface area contributed by atoms with E-state index in [0.29, 0.717) is 0 Å². The van der Waals surface area contributed by atoms with E-state index in [-0.39, 0.29) is 6.04 Å². The topological polar surface area (TPSA) is 42.1 Å². The number of aromatic nitrogens is 1. The molecule has 0 radical (unpaired) electrons. The summed E-state index contributed by atoms with van der Waals surface area (Å²) in [6.07, 6.45) is 3.72. The third-order valence-electron chi connectivity index (χ3n) is 2.35. The van der Waals surface area contributed by atoms with E-state index in [1.165, 1.54) is 0 Å². The van der Waals surface area contributed by atoms with Gasteiger partial charge in [-0.2, -0.15) is 0 Å². The van der Waals surface area contributed by atoms with Crippen LogP contribution in [0.15, 0.2) is 31.0 Å². The van der Waals surface area contributed by atoms with Crippen LogP contribution in [0, 0.1) is 0 Å². The molecule has 1 aromatic rings. The zero-order valence-electron chi connectivity index (χ0n) is 9.48. The highest BCUT2D eigenvalue weighted by molar-refractivity contribution is 5.40. The van der Waals surface area contributed by atoms with E-state index in [9.17, 15) is 0 Å². The molecule has 0 aliphatic heterocycles. The Morgan fingerprint density at radius 1 is 1.60 bits per heavy atom. The monoisotopic (exact) mass is 205 g/mol. The molecule has 82 valence electrons. The molecular weight excluding hydrogens is 186 g/mol. The van der Waals surface area contributed by atoms with Gasteiger partial charge in [0.1, 0.15) is 5.82 Å². The lowest BCUT2D eigenvalue weighted by molar-refractivity contribution is 0.806. The molecule has 1 aromatic heterocycles. The van der Waals surface area contributed by atoms with Crippen molar-refractivity contribution in [3.8, 4) is 0 Å². The molecule has 0 aliphatic rings. The number of rotatable bonds is 5. The highest BCUT2D eigenvalue weighted by atomic mass is 15.2. The van der Waals surface area contributed by atoms with E-state index < -0.39 is 0 Å². The minimum Gasteiger partial charge on any atom is -0.353 e. The van der Waals surface area contributed by atoms with Crippen molar-refractivity contribution < 1.29 is 0 Å². The van der Waals surface area contributed by atoms with Crippen LogP contribution in [0.3, 0.4) is 0 Å². The zero-order chi connectivity index (χ0) is 11.3. The van der Waals surface area contributed by atoms with Crippen molar-refractivity contribution in [2.45, 2.75) is 19.9 Å². The molecule has 3 heteroatoms. The van der Waals surface area contributed by atoms with Gasteiger partial charge in [-0.25, -0.2) is 4.98 Å². The van der Waals surface area contributed by atoms with Crippen LogP contribution in [-0.2, 0) is 0 Å². The van der Waals surface area contributed by atoms with Crippen molar-refractivity contribution in [1.82, 2.24) is 4.98 Å². The Morgan fingerprint density at radius 2 is 2.33 bits per heavy atom. The lowest BCUT2D eigenvalue weighted by Crippen LogP contribution is -2.23. The Morgan fingerprint density at radius 3 is 2.73 bits per heavy atom. The van der Waals surface area contributed by atoms with Gasteiger partial charge in [-0.3, -0.25) is 0 Å². The number of hydrogen-bond donors (Lipinski definition) is 1. The Balaban J connectivity index is 2.81. The fourth-order valence-electron chi connectivity index (χ4n) is 1.39. The second-order valence-electron chi connectivity index (χ2n) is 3.57. The molecule has 0 fully saturated rings. The van der Waals surface area contributed by atoms with E-state index in [1.807, 2.05) is 31.3 Å². The summed E-state index contributed by atoms with van der Waals surface area (Å²) in [6.45, 7) is 9.54. The van der Waals surface area contributed by atoms with Gasteiger partial charge in [0.15, 0.2) is 0 Å². The number of nitrogens with two attached hydrogens (primary N) is 1. The Labute approximate surface area is 91.6 Å². The van der Waals surface area contributed by atoms with Crippen molar-refractivity contribution in [2.75, 3.05) is 18.0 Å². The maximum Gasteiger partial charge on any atom is 0.128 e. The molecule has 0 unspecified atom stereocenters. The molecule has 1 heterocycles. The lowest BCUT2D eigenvalue weighted by atomic mass is 10.1. The largest absolute Gasteiger partial charge is 0.353 e. The first-order valence-corrected chi connectivity index (χ1v) is 5.26. The smallest absolute Gasteiger partial charge is 0.128 e. The number of pyridine rings is 1. The standard InChI is InChI=1S/C12H19N3/c1-4-8-15(5-2)12-7-6-11(9-14-12)10(3)13/h4,6-7,9-10H,1,5,8,13H2,2-3H3/t10-/m1/s1. The molecule has 15 heavy (non-hydrogen) atoms. The van der Waals surface area contributed by atoms with Gasteiger partial charge in [0.05, 0.1) is 0 Å². The molecule has 1 atom stereocenters. The zero-order valence-corrected chi connectivity index (χ0v) is 9.48. The van der Waals surface area contributed by atoms with Crippen LogP contribution in [0.1, 0.15) is 25.5 Å². The van der Waals surface area contributed by atoms with Gasteiger partial charge >= 0.3 is 0 Å². The van der Waals surface area contributed by atoms with Crippen molar-refractivity contribution in [2.24, 2.45) is 5.73 Å². The summed E-state index contributed by atoms with van der Waals surface area (Å²) in [7, 11) is 0. The van der Waals surface area contributed by atoms with Crippen LogP contribution in [0.4, 0.5) is 5.82 Å². The summed E-state index contributed by atoms with van der Waals surface area (Å²) in [5, 5.41) is 0. The predicted octanol–water partition coefficient (Wildman–Crippen LogP) is 2.11. The highest BCUT2D eigenvalue weighted by Gasteiger charge is 2.04. The average molecular weight is 205 g/mol. The Bertz CT molecular complexity index is 303. The molecule has 0 amide bonds. The number of likely N-dealkylation sites (N-methyl/N-ethyl adjacent to an activating group) is 1. The first kappa shape index (κ1) is 11.7. The number of hydrogen-bond acceptors (Lipinski definition) is 3. The molecule has 2 N–H and O–H groups in total. The van der Waals surface area contributed by atoms with E-state index in [0.717, 1.165) is 24.5 Å². The Hall–Kier alpha value is -1.35. The lowest BCUT2D eigenvalue weighted by Gasteiger charge is -2.20. The third kappa shape index (κ3) is 3.06. The van der Waals surface area contributed by atoms with Gasteiger partial charge in [-0.15, -0.1) is 6.58 Å². The van der Waals surface area contributed by atoms with Crippen LogP contribution < -0.4 is 10.6 Å². The van der Waals surface area contributed by atoms with Crippen LogP contribution in [0.25, 0.3) is 0 Å². The van der Waals surface area contributed by atoms with Gasteiger partial charge in [-0.05, 0) is 25.5 Å². The van der Waals surface area contributed by atoms with E-state index >= 15 is 0 Å². The van der Waals surface area contributed by atoms with Gasteiger partial charge in [0.25, 0.3) is 0 Å². The molecule has 0 aliphatic carbocycles. The highest BCUT2D eigenvalue weighted by Crippen LogP contribution is 2.14. The molecule has 0 saturated carbocycles. The SMILES string of the molecule is C=CCN(CC)c1ccc([C@@H](C)N)cn1. The van der Waals surface area contributed by atoms with Crippen molar-refractivity contribution >= 4 is 5.82 Å². The summed E-state index contributed by atoms with van der Waals surface area (Å²) in [6, 6.07) is 4.07. The fourth-order valence-corrected chi connectivity index (χ4v) is 1.39. The summed E-state index contributed by atoms with van der Waals surface area (Å²) in [4.78, 5) is 6.54. The maximum absolute atomic E-state index is 5.76. The molecule has 1 rings (SSSR count). The summed E-state index contributed by atoms with van der Waals surface area (Å²) >= 11 is 0. The first-order valence-electron chi connectivity index (χ1n) is 5.26.